The van der Waals surface area contributed by atoms with Crippen LogP contribution >= 0.6 is 11.3 Å². The maximum atomic E-state index is 4.66. The van der Waals surface area contributed by atoms with Crippen molar-refractivity contribution < 1.29 is 0 Å². The number of nitrogens with one attached hydrogen (secondary N) is 3. The molecule has 0 unspecified atom stereocenters. The van der Waals surface area contributed by atoms with E-state index in [2.05, 4.69) is 87.0 Å². The van der Waals surface area contributed by atoms with Crippen LogP contribution < -0.4 is 5.32 Å². The lowest BCUT2D eigenvalue weighted by atomic mass is 9.83. The summed E-state index contributed by atoms with van der Waals surface area (Å²) in [6.45, 7) is 12.4. The number of fused-ring (bicyclic) bond motifs is 2. The number of thiophene rings is 1. The molecule has 0 atom stereocenters. The van der Waals surface area contributed by atoms with Crippen LogP contribution in [0.5, 0.6) is 0 Å². The fraction of sp³-hybridized carbons (Fsp3) is 0.194. The summed E-state index contributed by atoms with van der Waals surface area (Å²) in [4.78, 5) is 15.2. The first-order valence-electron chi connectivity index (χ1n) is 12.9. The summed E-state index contributed by atoms with van der Waals surface area (Å²) in [5.74, 6) is 0.551. The Kier molecular flexibility index (Phi) is 6.29. The fourth-order valence-corrected chi connectivity index (χ4v) is 5.81. The zero-order valence-corrected chi connectivity index (χ0v) is 22.5. The highest BCUT2D eigenvalue weighted by Gasteiger charge is 2.21. The van der Waals surface area contributed by atoms with Crippen LogP contribution in [0.3, 0.4) is 0 Å². The van der Waals surface area contributed by atoms with E-state index in [9.17, 15) is 0 Å². The lowest BCUT2D eigenvalue weighted by Crippen LogP contribution is -2.23. The van der Waals surface area contributed by atoms with Crippen molar-refractivity contribution in [2.75, 3.05) is 0 Å². The van der Waals surface area contributed by atoms with Crippen LogP contribution in [-0.2, 0) is 0 Å². The number of hydrogen-bond acceptors (Lipinski definition) is 5. The molecule has 0 aromatic carbocycles. The molecule has 1 aliphatic rings. The first kappa shape index (κ1) is 24.1. The van der Waals surface area contributed by atoms with Gasteiger partial charge in [0.15, 0.2) is 5.65 Å². The molecular weight excluding hydrogens is 488 g/mol. The predicted octanol–water partition coefficient (Wildman–Crippen LogP) is 7.91. The molecule has 0 saturated heterocycles. The molecule has 5 aromatic rings. The molecule has 0 bridgehead atoms. The van der Waals surface area contributed by atoms with Gasteiger partial charge in [-0.1, -0.05) is 25.7 Å². The number of aromatic amines is 2. The summed E-state index contributed by atoms with van der Waals surface area (Å²) in [6.07, 6.45) is 15.4. The van der Waals surface area contributed by atoms with Crippen LogP contribution in [0.1, 0.15) is 36.6 Å². The van der Waals surface area contributed by atoms with E-state index in [4.69, 9.17) is 0 Å². The maximum absolute atomic E-state index is 4.66. The Bertz CT molecular complexity index is 1740. The van der Waals surface area contributed by atoms with Gasteiger partial charge in [0.1, 0.15) is 0 Å². The lowest BCUT2D eigenvalue weighted by Gasteiger charge is -2.28. The minimum absolute atomic E-state index is 0.551. The molecule has 1 aliphatic carbocycles. The lowest BCUT2D eigenvalue weighted by molar-refractivity contribution is 0.356. The number of aromatic nitrogens is 5. The number of pyridine rings is 2. The summed E-state index contributed by atoms with van der Waals surface area (Å²) >= 11 is 1.78. The van der Waals surface area contributed by atoms with E-state index in [1.165, 1.54) is 29.0 Å². The summed E-state index contributed by atoms with van der Waals surface area (Å²) < 4.78 is 0. The van der Waals surface area contributed by atoms with Crippen LogP contribution in [0, 0.1) is 12.8 Å². The highest BCUT2D eigenvalue weighted by Crippen LogP contribution is 2.36. The van der Waals surface area contributed by atoms with Crippen LogP contribution in [0.2, 0.25) is 0 Å². The largest absolute Gasteiger partial charge is 0.359 e. The molecule has 3 N–H and O–H groups in total. The van der Waals surface area contributed by atoms with Gasteiger partial charge >= 0.3 is 0 Å². The zero-order chi connectivity index (χ0) is 26.2. The maximum Gasteiger partial charge on any atom is 0.181 e. The Labute approximate surface area is 225 Å². The fourth-order valence-electron chi connectivity index (χ4n) is 4.92. The molecule has 0 radical (unpaired) electrons. The molecule has 38 heavy (non-hydrogen) atoms. The van der Waals surface area contributed by atoms with Crippen molar-refractivity contribution in [2.24, 2.45) is 5.92 Å². The normalized spacial score (nSPS) is 14.7. The Morgan fingerprint density at radius 2 is 2.03 bits per heavy atom. The molecule has 1 fully saturated rings. The summed E-state index contributed by atoms with van der Waals surface area (Å²) in [7, 11) is 0. The SMILES string of the molecule is C=C/C(=C\C(=C/C)c1cnc2n[nH]c(-c3cc4c(-c5ccc(C)s5)cncc4[nH]3)c2c1)NC(=C)C1CCC1. The first-order valence-corrected chi connectivity index (χ1v) is 13.7. The van der Waals surface area contributed by atoms with Crippen molar-refractivity contribution >= 4 is 38.8 Å². The number of allylic oxidation sites excluding steroid dienone is 5. The molecular formula is C31H30N6S. The first-order chi connectivity index (χ1) is 18.5. The van der Waals surface area contributed by atoms with E-state index in [-0.39, 0.29) is 0 Å². The average Bonchev–Trinajstić information content (AvgIpc) is 3.62. The summed E-state index contributed by atoms with van der Waals surface area (Å²) in [5, 5.41) is 13.2. The molecule has 7 heteroatoms. The Balaban J connectivity index is 1.37. The molecule has 0 aliphatic heterocycles. The third-order valence-electron chi connectivity index (χ3n) is 7.31. The molecule has 0 amide bonds. The van der Waals surface area contributed by atoms with E-state index in [1.54, 1.807) is 11.3 Å². The molecule has 6 rings (SSSR count). The Morgan fingerprint density at radius 3 is 2.74 bits per heavy atom. The van der Waals surface area contributed by atoms with E-state index in [0.717, 1.165) is 55.8 Å². The minimum Gasteiger partial charge on any atom is -0.359 e. The molecule has 0 spiro atoms. The highest BCUT2D eigenvalue weighted by atomic mass is 32.1. The molecule has 1 saturated carbocycles. The van der Waals surface area contributed by atoms with Gasteiger partial charge in [-0.05, 0) is 74.6 Å². The van der Waals surface area contributed by atoms with Crippen molar-refractivity contribution in [3.05, 3.63) is 96.1 Å². The number of aryl methyl sites for hydroxylation is 1. The molecule has 190 valence electrons. The third kappa shape index (κ3) is 4.39. The number of H-pyrrole nitrogens is 2. The number of nitrogens with zero attached hydrogens (tertiary/aromatic N) is 3. The second kappa shape index (κ2) is 9.91. The van der Waals surface area contributed by atoms with E-state index < -0.39 is 0 Å². The zero-order valence-electron chi connectivity index (χ0n) is 21.6. The van der Waals surface area contributed by atoms with Crippen molar-refractivity contribution in [3.63, 3.8) is 0 Å². The number of rotatable bonds is 8. The van der Waals surface area contributed by atoms with Gasteiger partial charge in [-0.15, -0.1) is 11.3 Å². The van der Waals surface area contributed by atoms with Gasteiger partial charge in [0.05, 0.1) is 23.1 Å². The summed E-state index contributed by atoms with van der Waals surface area (Å²) in [6, 6.07) is 8.61. The Morgan fingerprint density at radius 1 is 1.16 bits per heavy atom. The molecule has 5 heterocycles. The molecule has 6 nitrogen and oxygen atoms in total. The quantitative estimate of drug-likeness (QED) is 0.182. The van der Waals surface area contributed by atoms with E-state index >= 15 is 0 Å². The molecule has 5 aromatic heterocycles. The van der Waals surface area contributed by atoms with Gasteiger partial charge in [-0.25, -0.2) is 4.98 Å². The van der Waals surface area contributed by atoms with Crippen molar-refractivity contribution in [1.29, 1.82) is 0 Å². The minimum atomic E-state index is 0.551. The van der Waals surface area contributed by atoms with Gasteiger partial charge in [-0.3, -0.25) is 10.1 Å². The topological polar surface area (TPSA) is 82.3 Å². The average molecular weight is 519 g/mol. The third-order valence-corrected chi connectivity index (χ3v) is 8.34. The van der Waals surface area contributed by atoms with Crippen molar-refractivity contribution in [3.8, 4) is 21.8 Å². The van der Waals surface area contributed by atoms with Gasteiger partial charge in [0.2, 0.25) is 0 Å². The van der Waals surface area contributed by atoms with Crippen molar-refractivity contribution in [1.82, 2.24) is 30.5 Å². The standard InChI is InChI=1S/C31H30N6S/c1-5-20(12-23(6-2)34-19(4)21-8-7-9-21)22-13-25-30(36-37-31(25)33-15-22)27-14-24-26(16-32-17-28(24)35-27)29-11-10-18(3)38-29/h5-6,10-17,21,34-35H,2,4,7-9H2,1,3H3,(H,33,36,37)/b20-5+,23-12+. The monoisotopic (exact) mass is 518 g/mol. The van der Waals surface area contributed by atoms with Crippen LogP contribution in [0.25, 0.3) is 49.3 Å². The summed E-state index contributed by atoms with van der Waals surface area (Å²) in [5.41, 5.74) is 8.69. The van der Waals surface area contributed by atoms with Crippen LogP contribution in [0.4, 0.5) is 0 Å². The highest BCUT2D eigenvalue weighted by molar-refractivity contribution is 7.15. The Hall–Kier alpha value is -4.23. The van der Waals surface area contributed by atoms with Gasteiger partial charge in [-0.2, -0.15) is 5.10 Å². The van der Waals surface area contributed by atoms with Gasteiger partial charge in [0.25, 0.3) is 0 Å². The van der Waals surface area contributed by atoms with Crippen LogP contribution in [-0.4, -0.2) is 25.1 Å². The number of hydrogen-bond donors (Lipinski definition) is 3. The smallest absolute Gasteiger partial charge is 0.181 e. The predicted molar refractivity (Wildman–Crippen MR) is 159 cm³/mol. The van der Waals surface area contributed by atoms with E-state index in [1.807, 2.05) is 31.6 Å². The van der Waals surface area contributed by atoms with E-state index in [0.29, 0.717) is 11.6 Å². The van der Waals surface area contributed by atoms with Crippen molar-refractivity contribution in [2.45, 2.75) is 33.1 Å². The second-order valence-electron chi connectivity index (χ2n) is 9.76. The second-order valence-corrected chi connectivity index (χ2v) is 11.0. The van der Waals surface area contributed by atoms with Crippen LogP contribution in [0.15, 0.2) is 85.6 Å². The van der Waals surface area contributed by atoms with Gasteiger partial charge < -0.3 is 10.3 Å². The van der Waals surface area contributed by atoms with Gasteiger partial charge in [0, 0.05) is 55.4 Å².